The molecule has 0 radical (unpaired) electrons. The molecular weight excluding hydrogens is 372 g/mol. The second-order valence-corrected chi connectivity index (χ2v) is 7.85. The zero-order chi connectivity index (χ0) is 19.7. The number of pyridine rings is 1. The van der Waals surface area contributed by atoms with Crippen molar-refractivity contribution in [3.8, 4) is 11.3 Å². The predicted octanol–water partition coefficient (Wildman–Crippen LogP) is 5.94. The van der Waals surface area contributed by atoms with E-state index in [1.165, 1.54) is 12.8 Å². The van der Waals surface area contributed by atoms with E-state index >= 15 is 0 Å². The van der Waals surface area contributed by atoms with Crippen molar-refractivity contribution in [3.05, 3.63) is 58.6 Å². The molecule has 0 amide bonds. The third-order valence-corrected chi connectivity index (χ3v) is 5.62. The van der Waals surface area contributed by atoms with Crippen LogP contribution >= 0.6 is 11.6 Å². The zero-order valence-corrected chi connectivity index (χ0v) is 16.7. The number of anilines is 1. The van der Waals surface area contributed by atoms with Crippen molar-refractivity contribution >= 4 is 34.2 Å². The van der Waals surface area contributed by atoms with Crippen LogP contribution in [-0.2, 0) is 0 Å². The summed E-state index contributed by atoms with van der Waals surface area (Å²) < 4.78 is 0. The Hall–Kier alpha value is -2.59. The van der Waals surface area contributed by atoms with Gasteiger partial charge in [0, 0.05) is 29.1 Å². The molecule has 0 spiro atoms. The minimum Gasteiger partial charge on any atom is -0.478 e. The topological polar surface area (TPSA) is 53.4 Å². The van der Waals surface area contributed by atoms with Crippen molar-refractivity contribution in [1.82, 2.24) is 4.98 Å². The number of carbonyl (C=O) groups is 1. The van der Waals surface area contributed by atoms with Crippen molar-refractivity contribution < 1.29 is 9.90 Å². The number of aryl methyl sites for hydroxylation is 1. The number of rotatable bonds is 3. The van der Waals surface area contributed by atoms with E-state index in [0.29, 0.717) is 27.2 Å². The lowest BCUT2D eigenvalue weighted by Crippen LogP contribution is -2.27. The van der Waals surface area contributed by atoms with E-state index < -0.39 is 5.97 Å². The predicted molar refractivity (Wildman–Crippen MR) is 115 cm³/mol. The highest BCUT2D eigenvalue weighted by Crippen LogP contribution is 2.39. The van der Waals surface area contributed by atoms with Gasteiger partial charge in [-0.25, -0.2) is 9.78 Å². The van der Waals surface area contributed by atoms with Crippen molar-refractivity contribution in [2.24, 2.45) is 0 Å². The molecule has 4 rings (SSSR count). The van der Waals surface area contributed by atoms with E-state index in [2.05, 4.69) is 4.90 Å². The summed E-state index contributed by atoms with van der Waals surface area (Å²) in [5.41, 5.74) is 4.48. The van der Waals surface area contributed by atoms with Gasteiger partial charge in [-0.2, -0.15) is 0 Å². The average molecular weight is 395 g/mol. The minimum absolute atomic E-state index is 0.296. The van der Waals surface area contributed by atoms with Crippen LogP contribution < -0.4 is 4.90 Å². The summed E-state index contributed by atoms with van der Waals surface area (Å²) >= 11 is 6.20. The second-order valence-electron chi connectivity index (χ2n) is 7.42. The maximum Gasteiger partial charge on any atom is 0.338 e. The number of hydrogen-bond donors (Lipinski definition) is 1. The Kier molecular flexibility index (Phi) is 5.23. The Balaban J connectivity index is 2.05. The van der Waals surface area contributed by atoms with Gasteiger partial charge in [-0.05, 0) is 38.0 Å². The zero-order valence-electron chi connectivity index (χ0n) is 15.9. The molecule has 0 unspecified atom stereocenters. The Morgan fingerprint density at radius 3 is 2.36 bits per heavy atom. The fourth-order valence-corrected chi connectivity index (χ4v) is 4.13. The SMILES string of the molecule is Cc1ccc(-c2nc3ccc(Cl)cc3c(C(=O)O)c2N2CCCCCC2)cc1. The normalized spacial score (nSPS) is 14.9. The fraction of sp³-hybridized carbons (Fsp3) is 0.304. The molecule has 0 atom stereocenters. The van der Waals surface area contributed by atoms with E-state index in [-0.39, 0.29) is 0 Å². The lowest BCUT2D eigenvalue weighted by atomic mass is 9.99. The molecule has 1 aliphatic heterocycles. The van der Waals surface area contributed by atoms with Crippen LogP contribution in [0.3, 0.4) is 0 Å². The summed E-state index contributed by atoms with van der Waals surface area (Å²) in [6.45, 7) is 3.72. The monoisotopic (exact) mass is 394 g/mol. The van der Waals surface area contributed by atoms with Gasteiger partial charge in [-0.1, -0.05) is 54.3 Å². The van der Waals surface area contributed by atoms with Gasteiger partial charge in [0.25, 0.3) is 0 Å². The molecule has 0 bridgehead atoms. The highest BCUT2D eigenvalue weighted by Gasteiger charge is 2.26. The van der Waals surface area contributed by atoms with E-state index in [4.69, 9.17) is 16.6 Å². The molecule has 144 valence electrons. The third kappa shape index (κ3) is 3.57. The lowest BCUT2D eigenvalue weighted by molar-refractivity contribution is 0.0699. The molecule has 2 aromatic carbocycles. The van der Waals surface area contributed by atoms with E-state index in [1.807, 2.05) is 31.2 Å². The van der Waals surface area contributed by atoms with Gasteiger partial charge in [0.15, 0.2) is 0 Å². The molecule has 1 aromatic heterocycles. The Bertz CT molecular complexity index is 1020. The number of fused-ring (bicyclic) bond motifs is 1. The average Bonchev–Trinajstić information content (AvgIpc) is 2.96. The standard InChI is InChI=1S/C23H23ClN2O2/c1-15-6-8-16(9-7-15)21-22(26-12-4-2-3-5-13-26)20(23(27)28)18-14-17(24)10-11-19(18)25-21/h6-11,14H,2-5,12-13H2,1H3,(H,27,28). The first kappa shape index (κ1) is 18.8. The van der Waals surface area contributed by atoms with Gasteiger partial charge in [-0.15, -0.1) is 0 Å². The van der Waals surface area contributed by atoms with Gasteiger partial charge in [0.05, 0.1) is 22.5 Å². The maximum absolute atomic E-state index is 12.4. The number of nitrogens with zero attached hydrogens (tertiary/aromatic N) is 2. The molecule has 1 fully saturated rings. The van der Waals surface area contributed by atoms with Crippen LogP contribution in [0.1, 0.15) is 41.6 Å². The number of aromatic nitrogens is 1. The molecule has 1 N–H and O–H groups in total. The number of aromatic carboxylic acids is 1. The summed E-state index contributed by atoms with van der Waals surface area (Å²) in [6.07, 6.45) is 4.46. The molecule has 1 saturated heterocycles. The van der Waals surface area contributed by atoms with Gasteiger partial charge < -0.3 is 10.0 Å². The summed E-state index contributed by atoms with van der Waals surface area (Å²) in [5.74, 6) is -0.942. The molecule has 1 aliphatic rings. The van der Waals surface area contributed by atoms with Crippen molar-refractivity contribution in [1.29, 1.82) is 0 Å². The van der Waals surface area contributed by atoms with Gasteiger partial charge in [0.1, 0.15) is 0 Å². The summed E-state index contributed by atoms with van der Waals surface area (Å²) in [5, 5.41) is 11.3. The van der Waals surface area contributed by atoms with Crippen LogP contribution in [0.2, 0.25) is 5.02 Å². The largest absolute Gasteiger partial charge is 0.478 e. The number of carboxylic acids is 1. The summed E-state index contributed by atoms with van der Waals surface area (Å²) in [6, 6.07) is 13.4. The smallest absolute Gasteiger partial charge is 0.338 e. The number of halogens is 1. The molecule has 0 aliphatic carbocycles. The van der Waals surface area contributed by atoms with Gasteiger partial charge >= 0.3 is 5.97 Å². The maximum atomic E-state index is 12.4. The Morgan fingerprint density at radius 2 is 1.71 bits per heavy atom. The first-order valence-electron chi connectivity index (χ1n) is 9.73. The number of carboxylic acid groups (broad SMARTS) is 1. The van der Waals surface area contributed by atoms with Gasteiger partial charge in [-0.3, -0.25) is 0 Å². The summed E-state index contributed by atoms with van der Waals surface area (Å²) in [4.78, 5) is 19.5. The molecule has 5 heteroatoms. The van der Waals surface area contributed by atoms with Crippen molar-refractivity contribution in [3.63, 3.8) is 0 Å². The van der Waals surface area contributed by atoms with Crippen LogP contribution in [-0.4, -0.2) is 29.1 Å². The third-order valence-electron chi connectivity index (χ3n) is 5.38. The van der Waals surface area contributed by atoms with Crippen molar-refractivity contribution in [2.75, 3.05) is 18.0 Å². The van der Waals surface area contributed by atoms with E-state index in [9.17, 15) is 9.90 Å². The molecule has 2 heterocycles. The number of benzene rings is 2. The van der Waals surface area contributed by atoms with Crippen molar-refractivity contribution in [2.45, 2.75) is 32.6 Å². The van der Waals surface area contributed by atoms with Crippen LogP contribution in [0.25, 0.3) is 22.2 Å². The quantitative estimate of drug-likeness (QED) is 0.597. The first-order chi connectivity index (χ1) is 13.5. The number of hydrogen-bond acceptors (Lipinski definition) is 3. The van der Waals surface area contributed by atoms with Crippen LogP contribution in [0.4, 0.5) is 5.69 Å². The molecular formula is C23H23ClN2O2. The highest BCUT2D eigenvalue weighted by atomic mass is 35.5. The van der Waals surface area contributed by atoms with Crippen LogP contribution in [0.15, 0.2) is 42.5 Å². The lowest BCUT2D eigenvalue weighted by Gasteiger charge is -2.27. The van der Waals surface area contributed by atoms with Crippen LogP contribution in [0, 0.1) is 6.92 Å². The van der Waals surface area contributed by atoms with Crippen LogP contribution in [0.5, 0.6) is 0 Å². The Morgan fingerprint density at radius 1 is 1.04 bits per heavy atom. The Labute approximate surface area is 169 Å². The minimum atomic E-state index is -0.942. The fourth-order valence-electron chi connectivity index (χ4n) is 3.96. The molecule has 28 heavy (non-hydrogen) atoms. The molecule has 0 saturated carbocycles. The highest BCUT2D eigenvalue weighted by molar-refractivity contribution is 6.31. The van der Waals surface area contributed by atoms with Gasteiger partial charge in [0.2, 0.25) is 0 Å². The molecule has 3 aromatic rings. The van der Waals surface area contributed by atoms with E-state index in [0.717, 1.165) is 42.8 Å². The van der Waals surface area contributed by atoms with E-state index in [1.54, 1.807) is 18.2 Å². The molecule has 4 nitrogen and oxygen atoms in total. The first-order valence-corrected chi connectivity index (χ1v) is 10.1. The summed E-state index contributed by atoms with van der Waals surface area (Å²) in [7, 11) is 0. The second kappa shape index (κ2) is 7.80.